The van der Waals surface area contributed by atoms with Gasteiger partial charge in [-0.05, 0) is 43.5 Å². The lowest BCUT2D eigenvalue weighted by Gasteiger charge is -2.38. The van der Waals surface area contributed by atoms with Crippen LogP contribution in [-0.4, -0.2) is 39.9 Å². The zero-order valence-corrected chi connectivity index (χ0v) is 13.4. The number of pyridine rings is 1. The molecule has 1 unspecified atom stereocenters. The maximum atomic E-state index is 11.3. The minimum absolute atomic E-state index is 0.0938. The first-order valence-electron chi connectivity index (χ1n) is 8.40. The van der Waals surface area contributed by atoms with Crippen LogP contribution in [0, 0.1) is 0 Å². The van der Waals surface area contributed by atoms with Gasteiger partial charge in [-0.3, -0.25) is 9.69 Å². The second-order valence-corrected chi connectivity index (χ2v) is 6.55. The predicted molar refractivity (Wildman–Crippen MR) is 92.2 cm³/mol. The lowest BCUT2D eigenvalue weighted by Crippen LogP contribution is -2.41. The topological polar surface area (TPSA) is 61.0 Å². The number of nitrogens with zero attached hydrogens (tertiary/aromatic N) is 2. The third-order valence-electron chi connectivity index (χ3n) is 4.95. The van der Waals surface area contributed by atoms with E-state index in [0.717, 1.165) is 24.0 Å². The van der Waals surface area contributed by atoms with Crippen molar-refractivity contribution in [2.24, 2.45) is 0 Å². The Labute approximate surface area is 135 Å². The first-order chi connectivity index (χ1) is 11.2. The number of H-pyrrole nitrogens is 1. The summed E-state index contributed by atoms with van der Waals surface area (Å²) in [6.45, 7) is 3.77. The van der Waals surface area contributed by atoms with Gasteiger partial charge in [0.25, 0.3) is 0 Å². The molecule has 1 atom stereocenters. The van der Waals surface area contributed by atoms with Crippen molar-refractivity contribution in [3.8, 4) is 0 Å². The average molecular weight is 310 g/mol. The van der Waals surface area contributed by atoms with Crippen molar-refractivity contribution in [2.45, 2.75) is 38.6 Å². The molecule has 1 amide bonds. The van der Waals surface area contributed by atoms with Crippen LogP contribution >= 0.6 is 0 Å². The molecule has 1 saturated heterocycles. The lowest BCUT2D eigenvalue weighted by atomic mass is 9.89. The number of rotatable bonds is 2. The van der Waals surface area contributed by atoms with E-state index < -0.39 is 0 Å². The van der Waals surface area contributed by atoms with E-state index in [9.17, 15) is 4.79 Å². The number of nitrogens with one attached hydrogen (secondary N) is 2. The summed E-state index contributed by atoms with van der Waals surface area (Å²) in [7, 11) is 0. The molecular weight excluding hydrogens is 288 g/mol. The molecule has 0 bridgehead atoms. The Bertz CT molecular complexity index is 776. The van der Waals surface area contributed by atoms with Gasteiger partial charge in [0.15, 0.2) is 0 Å². The van der Waals surface area contributed by atoms with Gasteiger partial charge >= 0.3 is 0 Å². The van der Waals surface area contributed by atoms with Crippen LogP contribution in [0.1, 0.15) is 38.2 Å². The molecule has 2 aliphatic rings. The van der Waals surface area contributed by atoms with Crippen LogP contribution in [0.25, 0.3) is 16.6 Å². The van der Waals surface area contributed by atoms with E-state index in [1.54, 1.807) is 0 Å². The number of carbonyl (C=O) groups excluding carboxylic acids is 1. The SMILES string of the molecule is CC(=O)Nc1ccc2[nH]cc(C3=CCN4CCCCC4C3)c2n1. The Morgan fingerprint density at radius 1 is 1.39 bits per heavy atom. The zero-order valence-electron chi connectivity index (χ0n) is 13.4. The number of aromatic nitrogens is 2. The average Bonchev–Trinajstić information content (AvgIpc) is 2.97. The fourth-order valence-corrected chi connectivity index (χ4v) is 3.81. The molecule has 0 radical (unpaired) electrons. The van der Waals surface area contributed by atoms with Crippen molar-refractivity contribution in [2.75, 3.05) is 18.4 Å². The fraction of sp³-hybridized carbons (Fsp3) is 0.444. The van der Waals surface area contributed by atoms with Crippen molar-refractivity contribution >= 4 is 28.3 Å². The summed E-state index contributed by atoms with van der Waals surface area (Å²) in [6, 6.07) is 4.49. The van der Waals surface area contributed by atoms with E-state index >= 15 is 0 Å². The Kier molecular flexibility index (Phi) is 3.65. The number of aromatic amines is 1. The number of hydrogen-bond acceptors (Lipinski definition) is 3. The fourth-order valence-electron chi connectivity index (χ4n) is 3.81. The highest BCUT2D eigenvalue weighted by Crippen LogP contribution is 2.34. The van der Waals surface area contributed by atoms with Gasteiger partial charge in [-0.1, -0.05) is 12.5 Å². The van der Waals surface area contributed by atoms with Crippen LogP contribution in [-0.2, 0) is 4.79 Å². The Morgan fingerprint density at radius 2 is 2.30 bits per heavy atom. The molecule has 2 aliphatic heterocycles. The summed E-state index contributed by atoms with van der Waals surface area (Å²) >= 11 is 0. The highest BCUT2D eigenvalue weighted by atomic mass is 16.1. The largest absolute Gasteiger partial charge is 0.359 e. The molecule has 0 saturated carbocycles. The molecule has 2 aromatic heterocycles. The van der Waals surface area contributed by atoms with E-state index in [2.05, 4.69) is 32.5 Å². The van der Waals surface area contributed by atoms with Gasteiger partial charge in [-0.15, -0.1) is 0 Å². The van der Waals surface area contributed by atoms with E-state index in [-0.39, 0.29) is 5.91 Å². The third kappa shape index (κ3) is 2.77. The van der Waals surface area contributed by atoms with Crippen LogP contribution in [0.2, 0.25) is 0 Å². The summed E-state index contributed by atoms with van der Waals surface area (Å²) in [4.78, 5) is 21.8. The summed E-state index contributed by atoms with van der Waals surface area (Å²) in [5, 5.41) is 2.77. The van der Waals surface area contributed by atoms with E-state index in [4.69, 9.17) is 0 Å². The Morgan fingerprint density at radius 3 is 3.17 bits per heavy atom. The second kappa shape index (κ2) is 5.81. The Hall–Kier alpha value is -2.14. The number of carbonyl (C=O) groups is 1. The molecule has 1 fully saturated rings. The molecule has 5 heteroatoms. The smallest absolute Gasteiger partial charge is 0.222 e. The molecule has 0 aliphatic carbocycles. The van der Waals surface area contributed by atoms with Crippen molar-refractivity contribution in [3.63, 3.8) is 0 Å². The molecule has 0 spiro atoms. The number of amides is 1. The lowest BCUT2D eigenvalue weighted by molar-refractivity contribution is -0.114. The number of hydrogen-bond donors (Lipinski definition) is 2. The molecule has 0 aromatic carbocycles. The van der Waals surface area contributed by atoms with Crippen molar-refractivity contribution < 1.29 is 4.79 Å². The van der Waals surface area contributed by atoms with Crippen LogP contribution in [0.4, 0.5) is 5.82 Å². The molecule has 2 aromatic rings. The third-order valence-corrected chi connectivity index (χ3v) is 4.95. The van der Waals surface area contributed by atoms with Crippen molar-refractivity contribution in [1.82, 2.24) is 14.9 Å². The summed E-state index contributed by atoms with van der Waals surface area (Å²) in [5.41, 5.74) is 4.53. The predicted octanol–water partition coefficient (Wildman–Crippen LogP) is 3.16. The highest BCUT2D eigenvalue weighted by molar-refractivity contribution is 5.93. The molecule has 23 heavy (non-hydrogen) atoms. The van der Waals surface area contributed by atoms with Gasteiger partial charge in [0.05, 0.1) is 11.0 Å². The van der Waals surface area contributed by atoms with Gasteiger partial charge in [-0.2, -0.15) is 0 Å². The van der Waals surface area contributed by atoms with Crippen LogP contribution in [0.15, 0.2) is 24.4 Å². The number of piperidine rings is 1. The van der Waals surface area contributed by atoms with Gasteiger partial charge < -0.3 is 10.3 Å². The van der Waals surface area contributed by atoms with Crippen LogP contribution in [0.5, 0.6) is 0 Å². The van der Waals surface area contributed by atoms with Gasteiger partial charge in [0.1, 0.15) is 5.82 Å². The minimum Gasteiger partial charge on any atom is -0.359 e. The number of fused-ring (bicyclic) bond motifs is 2. The molecule has 2 N–H and O–H groups in total. The summed E-state index contributed by atoms with van der Waals surface area (Å²) in [5.74, 6) is 0.519. The molecule has 120 valence electrons. The maximum absolute atomic E-state index is 11.3. The summed E-state index contributed by atoms with van der Waals surface area (Å²) < 4.78 is 0. The normalized spacial score (nSPS) is 21.8. The van der Waals surface area contributed by atoms with E-state index in [1.165, 1.54) is 43.9 Å². The standard InChI is InChI=1S/C18H22N4O/c1-12(23)20-17-6-5-16-18(21-17)15(11-19-16)13-7-9-22-8-3-2-4-14(22)10-13/h5-7,11,14,19H,2-4,8-10H2,1H3,(H,20,21,23). The number of anilines is 1. The quantitative estimate of drug-likeness (QED) is 0.895. The van der Waals surface area contributed by atoms with Gasteiger partial charge in [0, 0.05) is 31.3 Å². The minimum atomic E-state index is -0.0938. The molecular formula is C18H22N4O. The van der Waals surface area contributed by atoms with Crippen LogP contribution in [0.3, 0.4) is 0 Å². The highest BCUT2D eigenvalue weighted by Gasteiger charge is 2.27. The first-order valence-corrected chi connectivity index (χ1v) is 8.40. The second-order valence-electron chi connectivity index (χ2n) is 6.55. The van der Waals surface area contributed by atoms with Gasteiger partial charge in [0.2, 0.25) is 5.91 Å². The maximum Gasteiger partial charge on any atom is 0.222 e. The van der Waals surface area contributed by atoms with Crippen molar-refractivity contribution in [1.29, 1.82) is 0 Å². The Balaban J connectivity index is 1.68. The zero-order chi connectivity index (χ0) is 15.8. The van der Waals surface area contributed by atoms with E-state index in [1.807, 2.05) is 12.1 Å². The summed E-state index contributed by atoms with van der Waals surface area (Å²) in [6.07, 6.45) is 9.46. The van der Waals surface area contributed by atoms with Crippen molar-refractivity contribution in [3.05, 3.63) is 30.0 Å². The van der Waals surface area contributed by atoms with Crippen LogP contribution < -0.4 is 5.32 Å². The molecule has 4 heterocycles. The first kappa shape index (κ1) is 14.5. The van der Waals surface area contributed by atoms with Gasteiger partial charge in [-0.25, -0.2) is 4.98 Å². The van der Waals surface area contributed by atoms with E-state index in [0.29, 0.717) is 11.9 Å². The molecule has 4 rings (SSSR count). The monoisotopic (exact) mass is 310 g/mol. The molecule has 5 nitrogen and oxygen atoms in total.